The average molecular weight is 298 g/mol. The van der Waals surface area contributed by atoms with Gasteiger partial charge in [-0.25, -0.2) is 0 Å². The van der Waals surface area contributed by atoms with E-state index in [0.29, 0.717) is 31.9 Å². The Labute approximate surface area is 128 Å². The fourth-order valence-electron chi connectivity index (χ4n) is 2.96. The van der Waals surface area contributed by atoms with E-state index >= 15 is 0 Å². The van der Waals surface area contributed by atoms with E-state index in [9.17, 15) is 9.59 Å². The number of furan rings is 1. The highest BCUT2D eigenvalue weighted by Gasteiger charge is 2.35. The molecule has 1 aliphatic heterocycles. The van der Waals surface area contributed by atoms with Crippen molar-refractivity contribution in [3.63, 3.8) is 0 Å². The fraction of sp³-hybridized carbons (Fsp3) is 0.412. The average Bonchev–Trinajstić information content (AvgIpc) is 3.32. The number of hydrogen-bond donors (Lipinski definition) is 0. The van der Waals surface area contributed by atoms with Crippen LogP contribution in [-0.2, 0) is 4.79 Å². The van der Waals surface area contributed by atoms with Crippen molar-refractivity contribution in [2.24, 2.45) is 5.92 Å². The number of nitrogens with zero attached hydrogens (tertiary/aromatic N) is 2. The number of hydrogen-bond acceptors (Lipinski definition) is 3. The second-order valence-electron chi connectivity index (χ2n) is 6.04. The third-order valence-corrected chi connectivity index (χ3v) is 4.44. The molecule has 2 amide bonds. The maximum absolute atomic E-state index is 12.5. The van der Waals surface area contributed by atoms with Gasteiger partial charge in [0.15, 0.2) is 5.76 Å². The van der Waals surface area contributed by atoms with Crippen LogP contribution in [0.1, 0.15) is 23.4 Å². The number of benzene rings is 1. The Kier molecular flexibility index (Phi) is 3.13. The lowest BCUT2D eigenvalue weighted by Crippen LogP contribution is -2.51. The molecule has 0 N–H and O–H groups in total. The number of piperazine rings is 1. The molecule has 1 saturated carbocycles. The van der Waals surface area contributed by atoms with Crippen molar-refractivity contribution in [2.75, 3.05) is 26.2 Å². The Hall–Kier alpha value is -2.30. The van der Waals surface area contributed by atoms with E-state index in [1.54, 1.807) is 11.0 Å². The highest BCUT2D eigenvalue weighted by atomic mass is 16.3. The lowest BCUT2D eigenvalue weighted by Gasteiger charge is -2.34. The van der Waals surface area contributed by atoms with E-state index in [1.807, 2.05) is 29.2 Å². The van der Waals surface area contributed by atoms with Gasteiger partial charge in [0, 0.05) is 37.5 Å². The summed E-state index contributed by atoms with van der Waals surface area (Å²) in [6, 6.07) is 9.40. The van der Waals surface area contributed by atoms with Crippen molar-refractivity contribution in [3.8, 4) is 0 Å². The van der Waals surface area contributed by atoms with Crippen LogP contribution in [0.5, 0.6) is 0 Å². The molecule has 22 heavy (non-hydrogen) atoms. The van der Waals surface area contributed by atoms with Crippen molar-refractivity contribution in [2.45, 2.75) is 12.8 Å². The highest BCUT2D eigenvalue weighted by molar-refractivity contribution is 5.96. The molecule has 2 aromatic rings. The van der Waals surface area contributed by atoms with Gasteiger partial charge in [-0.3, -0.25) is 9.59 Å². The van der Waals surface area contributed by atoms with Gasteiger partial charge in [0.05, 0.1) is 0 Å². The minimum atomic E-state index is -0.0882. The van der Waals surface area contributed by atoms with E-state index in [-0.39, 0.29) is 17.7 Å². The number of fused-ring (bicyclic) bond motifs is 1. The molecule has 0 radical (unpaired) electrons. The molecule has 0 unspecified atom stereocenters. The van der Waals surface area contributed by atoms with Gasteiger partial charge in [-0.15, -0.1) is 0 Å². The first-order chi connectivity index (χ1) is 10.7. The number of carbonyl (C=O) groups excluding carboxylic acids is 2. The van der Waals surface area contributed by atoms with Crippen LogP contribution in [0, 0.1) is 5.92 Å². The van der Waals surface area contributed by atoms with Crippen LogP contribution in [0.25, 0.3) is 11.0 Å². The molecule has 1 saturated heterocycles. The van der Waals surface area contributed by atoms with E-state index < -0.39 is 0 Å². The van der Waals surface area contributed by atoms with Crippen LogP contribution in [-0.4, -0.2) is 47.8 Å². The Bertz CT molecular complexity index is 691. The fourth-order valence-corrected chi connectivity index (χ4v) is 2.96. The van der Waals surface area contributed by atoms with Gasteiger partial charge in [0.2, 0.25) is 5.91 Å². The summed E-state index contributed by atoms with van der Waals surface area (Å²) in [5, 5.41) is 0.938. The van der Waals surface area contributed by atoms with Gasteiger partial charge < -0.3 is 14.2 Å². The van der Waals surface area contributed by atoms with Crippen molar-refractivity contribution in [1.82, 2.24) is 9.80 Å². The monoisotopic (exact) mass is 298 g/mol. The third-order valence-electron chi connectivity index (χ3n) is 4.44. The van der Waals surface area contributed by atoms with Crippen molar-refractivity contribution in [3.05, 3.63) is 36.1 Å². The molecule has 5 heteroatoms. The van der Waals surface area contributed by atoms with E-state index in [0.717, 1.165) is 23.8 Å². The SMILES string of the molecule is O=C(c1cc2ccccc2o1)N1CCN(C(=O)C2CC2)CC1. The first-order valence-electron chi connectivity index (χ1n) is 7.79. The zero-order chi connectivity index (χ0) is 15.1. The van der Waals surface area contributed by atoms with Crippen molar-refractivity contribution < 1.29 is 14.0 Å². The summed E-state index contributed by atoms with van der Waals surface area (Å²) in [5.74, 6) is 0.798. The second kappa shape index (κ2) is 5.16. The van der Waals surface area contributed by atoms with E-state index in [2.05, 4.69) is 0 Å². The standard InChI is InChI=1S/C17H18N2O3/c20-16(12-5-6-12)18-7-9-19(10-8-18)17(21)15-11-13-3-1-2-4-14(13)22-15/h1-4,11-12H,5-10H2. The summed E-state index contributed by atoms with van der Waals surface area (Å²) in [6.45, 7) is 2.41. The van der Waals surface area contributed by atoms with Gasteiger partial charge in [-0.1, -0.05) is 18.2 Å². The maximum atomic E-state index is 12.5. The van der Waals surface area contributed by atoms with Crippen LogP contribution in [0.3, 0.4) is 0 Å². The molecule has 1 aliphatic carbocycles. The number of carbonyl (C=O) groups is 2. The summed E-state index contributed by atoms with van der Waals surface area (Å²) in [7, 11) is 0. The summed E-state index contributed by atoms with van der Waals surface area (Å²) >= 11 is 0. The molecule has 5 nitrogen and oxygen atoms in total. The zero-order valence-electron chi connectivity index (χ0n) is 12.3. The van der Waals surface area contributed by atoms with E-state index in [1.165, 1.54) is 0 Å². The minimum absolute atomic E-state index is 0.0882. The lowest BCUT2D eigenvalue weighted by molar-refractivity contribution is -0.134. The number of rotatable bonds is 2. The Morgan fingerprint density at radius 3 is 2.36 bits per heavy atom. The van der Waals surface area contributed by atoms with Crippen LogP contribution in [0.15, 0.2) is 34.7 Å². The topological polar surface area (TPSA) is 53.8 Å². The largest absolute Gasteiger partial charge is 0.451 e. The summed E-state index contributed by atoms with van der Waals surface area (Å²) in [4.78, 5) is 28.2. The van der Waals surface area contributed by atoms with Gasteiger partial charge in [-0.2, -0.15) is 0 Å². The van der Waals surface area contributed by atoms with Crippen LogP contribution < -0.4 is 0 Å². The molecule has 0 spiro atoms. The molecule has 2 aliphatic rings. The molecule has 4 rings (SSSR count). The van der Waals surface area contributed by atoms with Gasteiger partial charge in [-0.05, 0) is 25.0 Å². The Morgan fingerprint density at radius 2 is 1.68 bits per heavy atom. The molecule has 0 bridgehead atoms. The Morgan fingerprint density at radius 1 is 1.00 bits per heavy atom. The summed E-state index contributed by atoms with van der Waals surface area (Å²) in [5.41, 5.74) is 0.730. The van der Waals surface area contributed by atoms with Gasteiger partial charge in [0.25, 0.3) is 5.91 Å². The molecule has 1 aromatic carbocycles. The van der Waals surface area contributed by atoms with Crippen molar-refractivity contribution >= 4 is 22.8 Å². The zero-order valence-corrected chi connectivity index (χ0v) is 12.3. The van der Waals surface area contributed by atoms with Gasteiger partial charge >= 0.3 is 0 Å². The Balaban J connectivity index is 1.44. The molecular weight excluding hydrogens is 280 g/mol. The lowest BCUT2D eigenvalue weighted by atomic mass is 10.2. The minimum Gasteiger partial charge on any atom is -0.451 e. The molecule has 114 valence electrons. The summed E-state index contributed by atoms with van der Waals surface area (Å²) < 4.78 is 5.63. The predicted octanol–water partition coefficient (Wildman–Crippen LogP) is 2.13. The second-order valence-corrected chi connectivity index (χ2v) is 6.04. The first-order valence-corrected chi connectivity index (χ1v) is 7.79. The van der Waals surface area contributed by atoms with Crippen LogP contribution in [0.4, 0.5) is 0 Å². The molecule has 0 atom stereocenters. The highest BCUT2D eigenvalue weighted by Crippen LogP contribution is 2.31. The number of amides is 2. The van der Waals surface area contributed by atoms with Crippen LogP contribution >= 0.6 is 0 Å². The predicted molar refractivity (Wildman–Crippen MR) is 81.4 cm³/mol. The normalized spacial score (nSPS) is 18.7. The molecule has 2 heterocycles. The summed E-state index contributed by atoms with van der Waals surface area (Å²) in [6.07, 6.45) is 2.05. The number of para-hydroxylation sites is 1. The first kappa shape index (κ1) is 13.4. The van der Waals surface area contributed by atoms with Crippen LogP contribution in [0.2, 0.25) is 0 Å². The van der Waals surface area contributed by atoms with Crippen molar-refractivity contribution in [1.29, 1.82) is 0 Å². The molecular formula is C17H18N2O3. The quantitative estimate of drug-likeness (QED) is 0.853. The molecule has 2 fully saturated rings. The third kappa shape index (κ3) is 2.36. The van der Waals surface area contributed by atoms with E-state index in [4.69, 9.17) is 4.42 Å². The van der Waals surface area contributed by atoms with Gasteiger partial charge in [0.1, 0.15) is 5.58 Å². The maximum Gasteiger partial charge on any atom is 0.289 e. The smallest absolute Gasteiger partial charge is 0.289 e. The molecule has 1 aromatic heterocycles.